The summed E-state index contributed by atoms with van der Waals surface area (Å²) in [5.41, 5.74) is 2.35. The van der Waals surface area contributed by atoms with Gasteiger partial charge in [0.1, 0.15) is 17.2 Å². The van der Waals surface area contributed by atoms with E-state index in [1.807, 2.05) is 26.0 Å². The minimum Gasteiger partial charge on any atom is -0.508 e. The molecule has 0 aliphatic rings. The van der Waals surface area contributed by atoms with Gasteiger partial charge in [-0.3, -0.25) is 0 Å². The number of phenols is 1. The van der Waals surface area contributed by atoms with Crippen molar-refractivity contribution in [1.29, 1.82) is 0 Å². The molecule has 0 heterocycles. The van der Waals surface area contributed by atoms with Crippen molar-refractivity contribution in [3.8, 4) is 17.2 Å². The molecule has 1 N–H and O–H groups in total. The van der Waals surface area contributed by atoms with Crippen LogP contribution in [0.25, 0.3) is 0 Å². The fraction of sp³-hybridized carbons (Fsp3) is 0.143. The van der Waals surface area contributed by atoms with Gasteiger partial charge in [0.15, 0.2) is 0 Å². The molecular formula is C14H14O2. The monoisotopic (exact) mass is 214 g/mol. The number of rotatable bonds is 2. The molecule has 0 aliphatic heterocycles. The lowest BCUT2D eigenvalue weighted by Crippen LogP contribution is -1.86. The molecule has 0 unspecified atom stereocenters. The Labute approximate surface area is 95.1 Å². The second-order valence-electron chi connectivity index (χ2n) is 3.92. The first-order chi connectivity index (χ1) is 7.63. The molecule has 16 heavy (non-hydrogen) atoms. The molecule has 2 aromatic rings. The lowest BCUT2D eigenvalue weighted by Gasteiger charge is -2.07. The third-order valence-electron chi connectivity index (χ3n) is 2.27. The predicted molar refractivity (Wildman–Crippen MR) is 64.1 cm³/mol. The Morgan fingerprint density at radius 3 is 1.94 bits per heavy atom. The summed E-state index contributed by atoms with van der Waals surface area (Å²) in [5, 5.41) is 9.16. The average molecular weight is 214 g/mol. The van der Waals surface area contributed by atoms with E-state index < -0.39 is 0 Å². The number of aromatic hydroxyl groups is 1. The van der Waals surface area contributed by atoms with Crippen LogP contribution in [0.4, 0.5) is 0 Å². The van der Waals surface area contributed by atoms with Crippen molar-refractivity contribution >= 4 is 0 Å². The number of aryl methyl sites for hydroxylation is 2. The third kappa shape index (κ3) is 2.54. The third-order valence-corrected chi connectivity index (χ3v) is 2.27. The summed E-state index contributed by atoms with van der Waals surface area (Å²) in [4.78, 5) is 0. The maximum absolute atomic E-state index is 9.16. The molecular weight excluding hydrogens is 200 g/mol. The molecule has 0 saturated carbocycles. The number of hydrogen-bond acceptors (Lipinski definition) is 2. The summed E-state index contributed by atoms with van der Waals surface area (Å²) < 4.78 is 5.68. The van der Waals surface area contributed by atoms with Gasteiger partial charge in [-0.05, 0) is 61.4 Å². The number of phenolic OH excluding ortho intramolecular Hbond substituents is 1. The maximum Gasteiger partial charge on any atom is 0.127 e. The van der Waals surface area contributed by atoms with Crippen LogP contribution in [0.3, 0.4) is 0 Å². The largest absolute Gasteiger partial charge is 0.508 e. The lowest BCUT2D eigenvalue weighted by molar-refractivity contribution is 0.464. The topological polar surface area (TPSA) is 29.5 Å². The molecule has 0 aromatic heterocycles. The zero-order valence-corrected chi connectivity index (χ0v) is 9.40. The summed E-state index contributed by atoms with van der Waals surface area (Å²) in [5.74, 6) is 1.79. The second-order valence-corrected chi connectivity index (χ2v) is 3.92. The molecule has 0 bridgehead atoms. The summed E-state index contributed by atoms with van der Waals surface area (Å²) in [6.45, 7) is 4.08. The van der Waals surface area contributed by atoms with Crippen LogP contribution in [0, 0.1) is 13.8 Å². The quantitative estimate of drug-likeness (QED) is 0.823. The van der Waals surface area contributed by atoms with Crippen molar-refractivity contribution in [3.05, 3.63) is 53.6 Å². The summed E-state index contributed by atoms with van der Waals surface area (Å²) in [6.07, 6.45) is 0. The Hall–Kier alpha value is -1.96. The Bertz CT molecular complexity index is 466. The predicted octanol–water partition coefficient (Wildman–Crippen LogP) is 3.80. The Morgan fingerprint density at radius 1 is 0.812 bits per heavy atom. The van der Waals surface area contributed by atoms with E-state index in [1.54, 1.807) is 24.3 Å². The first kappa shape index (κ1) is 10.6. The molecule has 2 nitrogen and oxygen atoms in total. The van der Waals surface area contributed by atoms with Crippen LogP contribution in [-0.4, -0.2) is 5.11 Å². The fourth-order valence-corrected chi connectivity index (χ4v) is 1.64. The SMILES string of the molecule is Cc1cc(C)cc(Oc2ccc(O)cc2)c1. The molecule has 2 heteroatoms. The van der Waals surface area contributed by atoms with E-state index >= 15 is 0 Å². The molecule has 0 radical (unpaired) electrons. The summed E-state index contributed by atoms with van der Waals surface area (Å²) in [6, 6.07) is 12.8. The van der Waals surface area contributed by atoms with Gasteiger partial charge in [-0.2, -0.15) is 0 Å². The molecule has 0 atom stereocenters. The molecule has 2 rings (SSSR count). The molecule has 82 valence electrons. The van der Waals surface area contributed by atoms with E-state index in [9.17, 15) is 0 Å². The van der Waals surface area contributed by atoms with Crippen LogP contribution in [-0.2, 0) is 0 Å². The van der Waals surface area contributed by atoms with Crippen molar-refractivity contribution in [2.45, 2.75) is 13.8 Å². The van der Waals surface area contributed by atoms with Gasteiger partial charge in [-0.25, -0.2) is 0 Å². The first-order valence-electron chi connectivity index (χ1n) is 5.19. The number of ether oxygens (including phenoxy) is 1. The van der Waals surface area contributed by atoms with Crippen molar-refractivity contribution in [2.24, 2.45) is 0 Å². The van der Waals surface area contributed by atoms with Gasteiger partial charge < -0.3 is 9.84 Å². The molecule has 0 fully saturated rings. The first-order valence-corrected chi connectivity index (χ1v) is 5.19. The van der Waals surface area contributed by atoms with Crippen LogP contribution < -0.4 is 4.74 Å². The highest BCUT2D eigenvalue weighted by atomic mass is 16.5. The van der Waals surface area contributed by atoms with E-state index in [-0.39, 0.29) is 5.75 Å². The second kappa shape index (κ2) is 4.27. The van der Waals surface area contributed by atoms with E-state index in [2.05, 4.69) is 6.07 Å². The Kier molecular flexibility index (Phi) is 2.82. The van der Waals surface area contributed by atoms with Crippen LogP contribution in [0.15, 0.2) is 42.5 Å². The Balaban J connectivity index is 2.23. The van der Waals surface area contributed by atoms with Gasteiger partial charge in [0.2, 0.25) is 0 Å². The minimum atomic E-state index is 0.243. The zero-order valence-electron chi connectivity index (χ0n) is 9.40. The van der Waals surface area contributed by atoms with E-state index in [1.165, 1.54) is 11.1 Å². The minimum absolute atomic E-state index is 0.243. The molecule has 0 saturated heterocycles. The van der Waals surface area contributed by atoms with Crippen molar-refractivity contribution in [3.63, 3.8) is 0 Å². The van der Waals surface area contributed by atoms with E-state index in [0.717, 1.165) is 11.5 Å². The van der Waals surface area contributed by atoms with Crippen LogP contribution >= 0.6 is 0 Å². The highest BCUT2D eigenvalue weighted by Gasteiger charge is 1.99. The van der Waals surface area contributed by atoms with E-state index in [0.29, 0.717) is 0 Å². The Morgan fingerprint density at radius 2 is 1.38 bits per heavy atom. The number of benzene rings is 2. The van der Waals surface area contributed by atoms with Gasteiger partial charge in [0.05, 0.1) is 0 Å². The van der Waals surface area contributed by atoms with E-state index in [4.69, 9.17) is 9.84 Å². The van der Waals surface area contributed by atoms with Crippen LogP contribution in [0.2, 0.25) is 0 Å². The number of hydrogen-bond donors (Lipinski definition) is 1. The molecule has 0 spiro atoms. The fourth-order valence-electron chi connectivity index (χ4n) is 1.64. The maximum atomic E-state index is 9.16. The lowest BCUT2D eigenvalue weighted by atomic mass is 10.1. The van der Waals surface area contributed by atoms with Crippen LogP contribution in [0.5, 0.6) is 17.2 Å². The van der Waals surface area contributed by atoms with Crippen molar-refractivity contribution in [1.82, 2.24) is 0 Å². The highest BCUT2D eigenvalue weighted by molar-refractivity contribution is 5.38. The van der Waals surface area contributed by atoms with Gasteiger partial charge in [-0.15, -0.1) is 0 Å². The normalized spacial score (nSPS) is 10.1. The standard InChI is InChI=1S/C14H14O2/c1-10-7-11(2)9-14(8-10)16-13-5-3-12(15)4-6-13/h3-9,15H,1-2H3. The molecule has 2 aromatic carbocycles. The van der Waals surface area contributed by atoms with Gasteiger partial charge >= 0.3 is 0 Å². The molecule has 0 aliphatic carbocycles. The van der Waals surface area contributed by atoms with Gasteiger partial charge in [0.25, 0.3) is 0 Å². The van der Waals surface area contributed by atoms with Crippen molar-refractivity contribution in [2.75, 3.05) is 0 Å². The highest BCUT2D eigenvalue weighted by Crippen LogP contribution is 2.25. The summed E-state index contributed by atoms with van der Waals surface area (Å²) in [7, 11) is 0. The van der Waals surface area contributed by atoms with Gasteiger partial charge in [-0.1, -0.05) is 6.07 Å². The van der Waals surface area contributed by atoms with Gasteiger partial charge in [0, 0.05) is 0 Å². The van der Waals surface area contributed by atoms with Crippen molar-refractivity contribution < 1.29 is 9.84 Å². The average Bonchev–Trinajstić information content (AvgIpc) is 2.20. The van der Waals surface area contributed by atoms with Crippen LogP contribution in [0.1, 0.15) is 11.1 Å². The summed E-state index contributed by atoms with van der Waals surface area (Å²) >= 11 is 0. The molecule has 0 amide bonds. The smallest absolute Gasteiger partial charge is 0.127 e. The zero-order chi connectivity index (χ0) is 11.5.